The van der Waals surface area contributed by atoms with Crippen LogP contribution in [0.5, 0.6) is 11.5 Å². The molecule has 8 heteroatoms. The molecule has 0 spiro atoms. The van der Waals surface area contributed by atoms with Crippen LogP contribution in [0.2, 0.25) is 10.0 Å². The van der Waals surface area contributed by atoms with Crippen molar-refractivity contribution in [3.05, 3.63) is 76.3 Å². The van der Waals surface area contributed by atoms with E-state index in [1.54, 1.807) is 19.2 Å². The topological polar surface area (TPSA) is 48.8 Å². The van der Waals surface area contributed by atoms with Gasteiger partial charge in [-0.2, -0.15) is 0 Å². The Hall–Kier alpha value is -2.25. The Morgan fingerprint density at radius 2 is 1.69 bits per heavy atom. The summed E-state index contributed by atoms with van der Waals surface area (Å²) in [6.45, 7) is 8.99. The zero-order chi connectivity index (χ0) is 25.5. The highest BCUT2D eigenvalue weighted by Gasteiger charge is 2.35. The van der Waals surface area contributed by atoms with E-state index in [0.717, 1.165) is 50.6 Å². The van der Waals surface area contributed by atoms with E-state index >= 15 is 0 Å². The first-order valence-corrected chi connectivity index (χ1v) is 13.2. The SMILES string of the molecule is COC1(COc2ccc(Cl)c(Cl)c2)CCN(Cc2ccc(OCCn3ccnc3C(C)C)cc2)CC1. The molecule has 0 atom stereocenters. The number of benzene rings is 2. The predicted octanol–water partition coefficient (Wildman–Crippen LogP) is 6.45. The number of hydrogen-bond donors (Lipinski definition) is 0. The molecule has 0 amide bonds. The molecule has 1 aliphatic rings. The van der Waals surface area contributed by atoms with Crippen LogP contribution in [0, 0.1) is 0 Å². The second kappa shape index (κ2) is 12.3. The Balaban J connectivity index is 1.22. The van der Waals surface area contributed by atoms with E-state index in [0.29, 0.717) is 34.9 Å². The Morgan fingerprint density at radius 3 is 2.36 bits per heavy atom. The van der Waals surface area contributed by atoms with E-state index in [4.69, 9.17) is 37.4 Å². The van der Waals surface area contributed by atoms with Gasteiger partial charge in [-0.3, -0.25) is 4.90 Å². The molecule has 1 aromatic heterocycles. The Kier molecular flexibility index (Phi) is 9.18. The fourth-order valence-corrected chi connectivity index (χ4v) is 4.82. The third kappa shape index (κ3) is 6.94. The normalized spacial score (nSPS) is 15.8. The summed E-state index contributed by atoms with van der Waals surface area (Å²) in [4.78, 5) is 6.89. The number of aromatic nitrogens is 2. The number of piperidine rings is 1. The molecule has 1 fully saturated rings. The molecule has 3 aromatic rings. The maximum absolute atomic E-state index is 6.11. The van der Waals surface area contributed by atoms with Crippen LogP contribution in [0.1, 0.15) is 44.0 Å². The standard InChI is InChI=1S/C28H35Cl2N3O3/c1-21(2)27-31-12-15-33(27)16-17-35-23-6-4-22(5-7-23)19-32-13-10-28(34-3,11-14-32)20-36-24-8-9-25(29)26(30)18-24/h4-9,12,15,18,21H,10-11,13-14,16-17,19-20H2,1-3H3. The van der Waals surface area contributed by atoms with Gasteiger partial charge in [0.1, 0.15) is 36.1 Å². The summed E-state index contributed by atoms with van der Waals surface area (Å²) < 4.78 is 20.1. The molecule has 1 saturated heterocycles. The molecule has 6 nitrogen and oxygen atoms in total. The van der Waals surface area contributed by atoms with Crippen LogP contribution in [0.3, 0.4) is 0 Å². The molecule has 0 saturated carbocycles. The van der Waals surface area contributed by atoms with Crippen LogP contribution in [0.4, 0.5) is 0 Å². The molecule has 0 N–H and O–H groups in total. The molecule has 0 aliphatic carbocycles. The Morgan fingerprint density at radius 1 is 0.972 bits per heavy atom. The van der Waals surface area contributed by atoms with Gasteiger partial charge in [0.15, 0.2) is 0 Å². The lowest BCUT2D eigenvalue weighted by Gasteiger charge is -2.40. The van der Waals surface area contributed by atoms with E-state index in [-0.39, 0.29) is 5.60 Å². The molecule has 1 aliphatic heterocycles. The summed E-state index contributed by atoms with van der Waals surface area (Å²) in [6.07, 6.45) is 5.67. The first-order valence-electron chi connectivity index (χ1n) is 12.5. The highest BCUT2D eigenvalue weighted by molar-refractivity contribution is 6.42. The fourth-order valence-electron chi connectivity index (χ4n) is 4.53. The van der Waals surface area contributed by atoms with E-state index < -0.39 is 0 Å². The largest absolute Gasteiger partial charge is 0.492 e. The summed E-state index contributed by atoms with van der Waals surface area (Å²) in [7, 11) is 1.77. The fraction of sp³-hybridized carbons (Fsp3) is 0.464. The van der Waals surface area contributed by atoms with Crippen molar-refractivity contribution >= 4 is 23.2 Å². The number of methoxy groups -OCH3 is 1. The second-order valence-electron chi connectivity index (χ2n) is 9.65. The van der Waals surface area contributed by atoms with Crippen LogP contribution >= 0.6 is 23.2 Å². The smallest absolute Gasteiger partial charge is 0.121 e. The summed E-state index contributed by atoms with van der Waals surface area (Å²) in [5, 5.41) is 1.01. The number of imidazole rings is 1. The zero-order valence-corrected chi connectivity index (χ0v) is 22.8. The first kappa shape index (κ1) is 26.8. The molecule has 36 heavy (non-hydrogen) atoms. The van der Waals surface area contributed by atoms with Gasteiger partial charge in [0.2, 0.25) is 0 Å². The summed E-state index contributed by atoms with van der Waals surface area (Å²) >= 11 is 12.1. The van der Waals surface area contributed by atoms with Gasteiger partial charge in [0, 0.05) is 51.1 Å². The third-order valence-corrected chi connectivity index (χ3v) is 7.53. The molecule has 194 valence electrons. The van der Waals surface area contributed by atoms with E-state index in [1.807, 2.05) is 18.5 Å². The molecule has 4 rings (SSSR count). The van der Waals surface area contributed by atoms with E-state index in [1.165, 1.54) is 5.56 Å². The molecule has 2 aromatic carbocycles. The quantitative estimate of drug-likeness (QED) is 0.284. The van der Waals surface area contributed by atoms with Crippen molar-refractivity contribution in [2.24, 2.45) is 0 Å². The number of rotatable bonds is 11. The lowest BCUT2D eigenvalue weighted by atomic mass is 9.91. The van der Waals surface area contributed by atoms with Gasteiger partial charge >= 0.3 is 0 Å². The number of ether oxygens (including phenoxy) is 3. The van der Waals surface area contributed by atoms with Crippen LogP contribution in [-0.2, 0) is 17.8 Å². The van der Waals surface area contributed by atoms with Gasteiger partial charge < -0.3 is 18.8 Å². The van der Waals surface area contributed by atoms with Crippen molar-refractivity contribution < 1.29 is 14.2 Å². The minimum atomic E-state index is -0.301. The number of nitrogens with zero attached hydrogens (tertiary/aromatic N) is 3. The lowest BCUT2D eigenvalue weighted by molar-refractivity contribution is -0.0839. The van der Waals surface area contributed by atoms with Crippen LogP contribution < -0.4 is 9.47 Å². The van der Waals surface area contributed by atoms with Crippen molar-refractivity contribution in [2.45, 2.75) is 51.3 Å². The maximum Gasteiger partial charge on any atom is 0.121 e. The van der Waals surface area contributed by atoms with Gasteiger partial charge in [0.25, 0.3) is 0 Å². The minimum Gasteiger partial charge on any atom is -0.492 e. The highest BCUT2D eigenvalue weighted by Crippen LogP contribution is 2.30. The summed E-state index contributed by atoms with van der Waals surface area (Å²) in [5.74, 6) is 3.09. The van der Waals surface area contributed by atoms with Gasteiger partial charge in [-0.15, -0.1) is 0 Å². The summed E-state index contributed by atoms with van der Waals surface area (Å²) in [6, 6.07) is 13.7. The van der Waals surface area contributed by atoms with Gasteiger partial charge in [-0.05, 0) is 42.7 Å². The zero-order valence-electron chi connectivity index (χ0n) is 21.3. The Labute approximate surface area is 224 Å². The molecular weight excluding hydrogens is 497 g/mol. The van der Waals surface area contributed by atoms with Crippen molar-refractivity contribution in [2.75, 3.05) is 33.4 Å². The molecule has 2 heterocycles. The van der Waals surface area contributed by atoms with E-state index in [9.17, 15) is 0 Å². The van der Waals surface area contributed by atoms with Crippen molar-refractivity contribution in [3.8, 4) is 11.5 Å². The van der Waals surface area contributed by atoms with E-state index in [2.05, 4.69) is 52.6 Å². The third-order valence-electron chi connectivity index (χ3n) is 6.79. The summed E-state index contributed by atoms with van der Waals surface area (Å²) in [5.41, 5.74) is 0.973. The first-order chi connectivity index (χ1) is 17.4. The number of halogens is 2. The lowest BCUT2D eigenvalue weighted by Crippen LogP contribution is -2.48. The predicted molar refractivity (Wildman–Crippen MR) is 144 cm³/mol. The number of likely N-dealkylation sites (tertiary alicyclic amines) is 1. The maximum atomic E-state index is 6.11. The monoisotopic (exact) mass is 531 g/mol. The average Bonchev–Trinajstić information content (AvgIpc) is 3.36. The molecule has 0 bridgehead atoms. The second-order valence-corrected chi connectivity index (χ2v) is 10.5. The van der Waals surface area contributed by atoms with Crippen molar-refractivity contribution in [3.63, 3.8) is 0 Å². The van der Waals surface area contributed by atoms with Gasteiger partial charge in [-0.1, -0.05) is 49.2 Å². The highest BCUT2D eigenvalue weighted by atomic mass is 35.5. The van der Waals surface area contributed by atoms with Gasteiger partial charge in [-0.25, -0.2) is 4.98 Å². The molecule has 0 radical (unpaired) electrons. The molecular formula is C28H35Cl2N3O3. The number of hydrogen-bond acceptors (Lipinski definition) is 5. The van der Waals surface area contributed by atoms with Crippen LogP contribution in [0.15, 0.2) is 54.9 Å². The minimum absolute atomic E-state index is 0.301. The van der Waals surface area contributed by atoms with Crippen molar-refractivity contribution in [1.29, 1.82) is 0 Å². The average molecular weight is 533 g/mol. The van der Waals surface area contributed by atoms with Crippen LogP contribution in [0.25, 0.3) is 0 Å². The van der Waals surface area contributed by atoms with Crippen molar-refractivity contribution in [1.82, 2.24) is 14.5 Å². The molecule has 0 unspecified atom stereocenters. The van der Waals surface area contributed by atoms with Crippen LogP contribution in [-0.4, -0.2) is 53.5 Å². The van der Waals surface area contributed by atoms with Gasteiger partial charge in [0.05, 0.1) is 16.6 Å². The Bertz CT molecular complexity index is 1110.